The average Bonchev–Trinajstić information content (AvgIpc) is 2.74. The van der Waals surface area contributed by atoms with Crippen LogP contribution in [0.25, 0.3) is 6.08 Å². The largest absolute Gasteiger partial charge is 0.489 e. The van der Waals surface area contributed by atoms with Gasteiger partial charge in [0.2, 0.25) is 0 Å². The van der Waals surface area contributed by atoms with Crippen molar-refractivity contribution in [3.05, 3.63) is 69.7 Å². The number of amides is 1. The molecule has 1 amide bonds. The van der Waals surface area contributed by atoms with Gasteiger partial charge in [0.05, 0.1) is 0 Å². The van der Waals surface area contributed by atoms with Gasteiger partial charge in [-0.1, -0.05) is 60.0 Å². The number of rotatable bonds is 6. The lowest BCUT2D eigenvalue weighted by Crippen LogP contribution is -2.41. The number of nitrogens with zero attached hydrogens (tertiary/aromatic N) is 1. The topological polar surface area (TPSA) is 62.1 Å². The van der Waals surface area contributed by atoms with Crippen molar-refractivity contribution in [3.63, 3.8) is 0 Å². The Morgan fingerprint density at radius 2 is 1.86 bits per heavy atom. The lowest BCUT2D eigenvalue weighted by molar-refractivity contribution is -0.118. The van der Waals surface area contributed by atoms with Crippen LogP contribution in [-0.4, -0.2) is 11.9 Å². The molecule has 1 saturated carbocycles. The van der Waals surface area contributed by atoms with Crippen molar-refractivity contribution in [2.45, 2.75) is 45.3 Å². The van der Waals surface area contributed by atoms with E-state index in [4.69, 9.17) is 4.74 Å². The fraction of sp³-hybridized carbons (Fsp3) is 0.333. The molecule has 1 fully saturated rings. The predicted molar refractivity (Wildman–Crippen MR) is 118 cm³/mol. The molecule has 0 aromatic heterocycles. The van der Waals surface area contributed by atoms with Crippen molar-refractivity contribution in [1.29, 1.82) is 5.26 Å². The molecule has 0 unspecified atom stereocenters. The van der Waals surface area contributed by atoms with Gasteiger partial charge in [-0.3, -0.25) is 4.79 Å². The minimum Gasteiger partial charge on any atom is -0.489 e. The number of benzene rings is 2. The number of nitriles is 1. The van der Waals surface area contributed by atoms with Crippen LogP contribution in [0.2, 0.25) is 0 Å². The maximum Gasteiger partial charge on any atom is 0.262 e. The fourth-order valence-corrected chi connectivity index (χ4v) is 3.76. The van der Waals surface area contributed by atoms with E-state index in [1.54, 1.807) is 6.08 Å². The van der Waals surface area contributed by atoms with Crippen molar-refractivity contribution in [2.24, 2.45) is 5.92 Å². The molecular formula is C24H25BrN2O2. The molecule has 0 aliphatic heterocycles. The molecule has 2 aromatic rings. The Balaban J connectivity index is 1.59. The van der Waals surface area contributed by atoms with Gasteiger partial charge in [-0.05, 0) is 60.2 Å². The highest BCUT2D eigenvalue weighted by Crippen LogP contribution is 2.24. The molecule has 0 bridgehead atoms. The lowest BCUT2D eigenvalue weighted by atomic mass is 9.86. The highest BCUT2D eigenvalue weighted by atomic mass is 79.9. The van der Waals surface area contributed by atoms with Crippen molar-refractivity contribution < 1.29 is 9.53 Å². The van der Waals surface area contributed by atoms with E-state index in [2.05, 4.69) is 28.2 Å². The first-order valence-corrected chi connectivity index (χ1v) is 10.7. The molecule has 29 heavy (non-hydrogen) atoms. The Morgan fingerprint density at radius 1 is 1.17 bits per heavy atom. The smallest absolute Gasteiger partial charge is 0.262 e. The van der Waals surface area contributed by atoms with E-state index >= 15 is 0 Å². The summed E-state index contributed by atoms with van der Waals surface area (Å²) in [6.45, 7) is 2.64. The fourth-order valence-electron chi connectivity index (χ4n) is 3.50. The number of carbonyl (C=O) groups excluding carboxylic acids is 1. The highest BCUT2D eigenvalue weighted by molar-refractivity contribution is 9.10. The second-order valence-electron chi connectivity index (χ2n) is 7.50. The van der Waals surface area contributed by atoms with E-state index in [0.29, 0.717) is 12.5 Å². The van der Waals surface area contributed by atoms with E-state index in [1.807, 2.05) is 54.6 Å². The van der Waals surface area contributed by atoms with Gasteiger partial charge in [0, 0.05) is 10.5 Å². The first-order chi connectivity index (χ1) is 14.0. The van der Waals surface area contributed by atoms with Crippen LogP contribution in [-0.2, 0) is 11.4 Å². The molecule has 3 rings (SSSR count). The third kappa shape index (κ3) is 6.20. The molecule has 1 aliphatic rings. The van der Waals surface area contributed by atoms with Gasteiger partial charge < -0.3 is 10.1 Å². The number of ether oxygens (including phenoxy) is 1. The van der Waals surface area contributed by atoms with Crippen molar-refractivity contribution in [1.82, 2.24) is 5.32 Å². The number of hydrogen-bond acceptors (Lipinski definition) is 3. The first kappa shape index (κ1) is 21.1. The van der Waals surface area contributed by atoms with Crippen LogP contribution < -0.4 is 10.1 Å². The van der Waals surface area contributed by atoms with Crippen LogP contribution in [0.4, 0.5) is 0 Å². The van der Waals surface area contributed by atoms with Crippen LogP contribution in [0, 0.1) is 17.2 Å². The van der Waals surface area contributed by atoms with Gasteiger partial charge in [0.15, 0.2) is 0 Å². The highest BCUT2D eigenvalue weighted by Gasteiger charge is 2.24. The van der Waals surface area contributed by atoms with Gasteiger partial charge in [-0.25, -0.2) is 0 Å². The van der Waals surface area contributed by atoms with Gasteiger partial charge >= 0.3 is 0 Å². The number of carbonyl (C=O) groups is 1. The molecule has 0 radical (unpaired) electrons. The zero-order valence-electron chi connectivity index (χ0n) is 16.5. The summed E-state index contributed by atoms with van der Waals surface area (Å²) in [4.78, 5) is 12.5. The molecule has 4 nitrogen and oxygen atoms in total. The summed E-state index contributed by atoms with van der Waals surface area (Å²) in [5.74, 6) is 0.903. The minimum absolute atomic E-state index is 0.131. The molecule has 2 atom stereocenters. The second kappa shape index (κ2) is 10.3. The monoisotopic (exact) mass is 452 g/mol. The molecule has 0 saturated heterocycles. The molecule has 1 aliphatic carbocycles. The number of halogens is 1. The van der Waals surface area contributed by atoms with Crippen molar-refractivity contribution >= 4 is 27.9 Å². The van der Waals surface area contributed by atoms with Crippen LogP contribution in [0.3, 0.4) is 0 Å². The summed E-state index contributed by atoms with van der Waals surface area (Å²) in [6.07, 6.45) is 6.07. The quantitative estimate of drug-likeness (QED) is 0.456. The standard InChI is InChI=1S/C24H25BrN2O2/c1-17-4-2-3-5-23(17)27-24(28)20(15-26)14-18-8-12-22(13-9-18)29-16-19-6-10-21(25)11-7-19/h6-14,17,23H,2-5,16H2,1H3,(H,27,28)/b20-14+/t17-,23+/m0/s1. The van der Waals surface area contributed by atoms with E-state index in [9.17, 15) is 10.1 Å². The second-order valence-corrected chi connectivity index (χ2v) is 8.41. The molecular weight excluding hydrogens is 428 g/mol. The van der Waals surface area contributed by atoms with Crippen LogP contribution in [0.1, 0.15) is 43.7 Å². The zero-order valence-corrected chi connectivity index (χ0v) is 18.1. The summed E-state index contributed by atoms with van der Waals surface area (Å²) in [5, 5.41) is 12.5. The van der Waals surface area contributed by atoms with Crippen LogP contribution >= 0.6 is 15.9 Å². The third-order valence-electron chi connectivity index (χ3n) is 5.30. The molecule has 0 heterocycles. The van der Waals surface area contributed by atoms with E-state index in [0.717, 1.165) is 40.6 Å². The zero-order chi connectivity index (χ0) is 20.6. The van der Waals surface area contributed by atoms with Crippen LogP contribution in [0.15, 0.2) is 58.6 Å². The number of nitrogens with one attached hydrogen (secondary N) is 1. The first-order valence-electron chi connectivity index (χ1n) is 9.95. The van der Waals surface area contributed by atoms with Crippen LogP contribution in [0.5, 0.6) is 5.75 Å². The van der Waals surface area contributed by atoms with Gasteiger partial charge in [0.25, 0.3) is 5.91 Å². The maximum absolute atomic E-state index is 12.5. The van der Waals surface area contributed by atoms with Gasteiger partial charge in [-0.2, -0.15) is 5.26 Å². The van der Waals surface area contributed by atoms with Gasteiger partial charge in [-0.15, -0.1) is 0 Å². The van der Waals surface area contributed by atoms with Crippen molar-refractivity contribution in [2.75, 3.05) is 0 Å². The Bertz CT molecular complexity index is 898. The summed E-state index contributed by atoms with van der Waals surface area (Å²) in [7, 11) is 0. The Labute approximate surface area is 180 Å². The molecule has 0 spiro atoms. The van der Waals surface area contributed by atoms with E-state index in [1.165, 1.54) is 6.42 Å². The third-order valence-corrected chi connectivity index (χ3v) is 5.83. The Kier molecular flexibility index (Phi) is 7.48. The minimum atomic E-state index is -0.290. The molecule has 1 N–H and O–H groups in total. The maximum atomic E-state index is 12.5. The van der Waals surface area contributed by atoms with Crippen molar-refractivity contribution in [3.8, 4) is 11.8 Å². The lowest BCUT2D eigenvalue weighted by Gasteiger charge is -2.29. The molecule has 5 heteroatoms. The Hall–Kier alpha value is -2.58. The molecule has 150 valence electrons. The summed E-state index contributed by atoms with van der Waals surface area (Å²) in [6, 6.07) is 17.6. The van der Waals surface area contributed by atoms with E-state index < -0.39 is 0 Å². The Morgan fingerprint density at radius 3 is 2.52 bits per heavy atom. The summed E-state index contributed by atoms with van der Waals surface area (Å²) in [5.41, 5.74) is 2.01. The number of hydrogen-bond donors (Lipinski definition) is 1. The summed E-state index contributed by atoms with van der Waals surface area (Å²) >= 11 is 3.42. The molecule has 2 aromatic carbocycles. The normalized spacial score (nSPS) is 19.3. The summed E-state index contributed by atoms with van der Waals surface area (Å²) < 4.78 is 6.83. The predicted octanol–water partition coefficient (Wildman–Crippen LogP) is 5.63. The van der Waals surface area contributed by atoms with E-state index in [-0.39, 0.29) is 17.5 Å². The van der Waals surface area contributed by atoms with Gasteiger partial charge in [0.1, 0.15) is 24.0 Å². The SMILES string of the molecule is C[C@H]1CCCC[C@H]1NC(=O)/C(C#N)=C/c1ccc(OCc2ccc(Br)cc2)cc1. The average molecular weight is 453 g/mol.